The van der Waals surface area contributed by atoms with Crippen LogP contribution in [0.5, 0.6) is 0 Å². The van der Waals surface area contributed by atoms with Crippen LogP contribution in [-0.2, 0) is 55.9 Å². The predicted octanol–water partition coefficient (Wildman–Crippen LogP) is 6.33. The van der Waals surface area contributed by atoms with Gasteiger partial charge in [0.25, 0.3) is 0 Å². The van der Waals surface area contributed by atoms with E-state index in [-0.39, 0.29) is 88.4 Å². The first kappa shape index (κ1) is 54.2. The number of unbranched alkanes of at least 4 members (excludes halogenated alkanes) is 13. The summed E-state index contributed by atoms with van der Waals surface area (Å²) in [6.07, 6.45) is 18.8. The van der Waals surface area contributed by atoms with Gasteiger partial charge in [-0.05, 0) is 43.7 Å². The Labute approximate surface area is 360 Å². The van der Waals surface area contributed by atoms with Gasteiger partial charge >= 0.3 is 0 Å². The smallest absolute Gasteiger partial charge is 0.246 e. The van der Waals surface area contributed by atoms with E-state index in [1.54, 1.807) is 0 Å². The third-order valence-corrected chi connectivity index (χ3v) is 9.87. The van der Waals surface area contributed by atoms with E-state index < -0.39 is 6.04 Å². The number of aliphatic hydroxyl groups excluding tert-OH is 1. The zero-order chi connectivity index (χ0) is 43.9. The van der Waals surface area contributed by atoms with Crippen molar-refractivity contribution < 1.29 is 48.0 Å². The van der Waals surface area contributed by atoms with E-state index in [1.165, 1.54) is 76.7 Å². The molecule has 0 bridgehead atoms. The zero-order valence-electron chi connectivity index (χ0n) is 36.9. The maximum atomic E-state index is 12.4. The Bertz CT molecular complexity index is 1310. The lowest BCUT2D eigenvalue weighted by atomic mass is 10.0. The van der Waals surface area contributed by atoms with Gasteiger partial charge in [-0.2, -0.15) is 0 Å². The van der Waals surface area contributed by atoms with E-state index in [4.69, 9.17) is 24.1 Å². The van der Waals surface area contributed by atoms with Crippen molar-refractivity contribution in [3.05, 3.63) is 47.7 Å². The quantitative estimate of drug-likeness (QED) is 0.0368. The van der Waals surface area contributed by atoms with Crippen LogP contribution in [0.2, 0.25) is 0 Å². The van der Waals surface area contributed by atoms with Gasteiger partial charge < -0.3 is 45.3 Å². The molecule has 14 nitrogen and oxygen atoms in total. The Kier molecular flexibility index (Phi) is 34.4. The predicted molar refractivity (Wildman–Crippen MR) is 234 cm³/mol. The first-order chi connectivity index (χ1) is 29.1. The fourth-order valence-corrected chi connectivity index (χ4v) is 6.23. The number of Topliss-reactive ketones (excluding diaryl/α,β-unsaturated/α-hetero) is 1. The molecule has 1 aromatic rings. The molecule has 0 heterocycles. The largest absolute Gasteiger partial charge is 0.513 e. The summed E-state index contributed by atoms with van der Waals surface area (Å²) in [6, 6.07) is 7.42. The van der Waals surface area contributed by atoms with E-state index in [0.29, 0.717) is 38.5 Å². The molecule has 0 aromatic heterocycles. The Morgan fingerprint density at radius 3 is 1.47 bits per heavy atom. The summed E-state index contributed by atoms with van der Waals surface area (Å²) in [5, 5.41) is 20.2. The normalized spacial score (nSPS) is 11.5. The van der Waals surface area contributed by atoms with Crippen LogP contribution in [0, 0.1) is 0 Å². The first-order valence-electron chi connectivity index (χ1n) is 22.5. The van der Waals surface area contributed by atoms with Gasteiger partial charge in [0.15, 0.2) is 5.78 Å². The van der Waals surface area contributed by atoms with E-state index in [1.807, 2.05) is 12.1 Å². The molecule has 0 spiro atoms. The first-order valence-corrected chi connectivity index (χ1v) is 22.5. The lowest BCUT2D eigenvalue weighted by Gasteiger charge is -2.16. The number of aryl methyl sites for hydroxylation is 1. The van der Waals surface area contributed by atoms with Crippen LogP contribution in [0.3, 0.4) is 0 Å². The van der Waals surface area contributed by atoms with Crippen LogP contribution in [0.25, 0.3) is 0 Å². The second kappa shape index (κ2) is 38.1. The van der Waals surface area contributed by atoms with E-state index >= 15 is 0 Å². The van der Waals surface area contributed by atoms with Gasteiger partial charge in [-0.25, -0.2) is 0 Å². The second-order valence-electron chi connectivity index (χ2n) is 15.3. The number of aliphatic hydroxyl groups is 1. The Hall–Kier alpha value is -3.85. The van der Waals surface area contributed by atoms with Crippen molar-refractivity contribution in [2.45, 2.75) is 148 Å². The molecule has 1 rings (SSSR count). The maximum absolute atomic E-state index is 12.4. The molecule has 0 aliphatic heterocycles. The van der Waals surface area contributed by atoms with Crippen molar-refractivity contribution in [3.8, 4) is 0 Å². The third kappa shape index (κ3) is 33.9. The number of ether oxygens (including phenoxy) is 4. The van der Waals surface area contributed by atoms with Crippen LogP contribution in [0.1, 0.15) is 141 Å². The minimum Gasteiger partial charge on any atom is -0.513 e. The Morgan fingerprint density at radius 1 is 0.550 bits per heavy atom. The summed E-state index contributed by atoms with van der Waals surface area (Å²) in [7, 11) is 0. The van der Waals surface area contributed by atoms with Crippen molar-refractivity contribution in [2.24, 2.45) is 0 Å². The maximum Gasteiger partial charge on any atom is 0.246 e. The minimum absolute atomic E-state index is 0.0519. The molecule has 1 aromatic carbocycles. The SMILES string of the molecule is C=C(O)CCCCCCCCCCCCCCCCC(=O)N[C@@H](CCC(=O)NCCOCCOCC(=O)NCCOCCOCC(=O)NCc1ccc(CC)cc1)C(C)=O. The summed E-state index contributed by atoms with van der Waals surface area (Å²) in [6.45, 7) is 9.49. The number of allylic oxidation sites excluding steroid dienone is 1. The number of benzene rings is 1. The summed E-state index contributed by atoms with van der Waals surface area (Å²) < 4.78 is 21.5. The number of hydrogen-bond donors (Lipinski definition) is 5. The Morgan fingerprint density at radius 2 is 0.983 bits per heavy atom. The van der Waals surface area contributed by atoms with E-state index in [9.17, 15) is 24.0 Å². The molecule has 4 amide bonds. The van der Waals surface area contributed by atoms with Crippen LogP contribution in [0.4, 0.5) is 0 Å². The summed E-state index contributed by atoms with van der Waals surface area (Å²) in [5.41, 5.74) is 2.28. The number of ketones is 1. The van der Waals surface area contributed by atoms with Gasteiger partial charge in [-0.3, -0.25) is 24.0 Å². The average Bonchev–Trinajstić information content (AvgIpc) is 3.23. The molecule has 60 heavy (non-hydrogen) atoms. The standard InChI is InChI=1S/C46H78N4O10/c1-4-40-21-23-41(24-22-40)35-49-46(56)37-60-34-32-58-30-28-48-45(55)36-59-33-31-57-29-27-47-43(53)26-25-42(39(3)52)50-44(54)20-18-16-14-12-10-8-6-5-7-9-11-13-15-17-19-38(2)51/h21-24,42,51H,2,4-20,25-37H2,1,3H3,(H,47,53)(H,48,55)(H,49,56)(H,50,54)/t42-/m0/s1. The zero-order valence-corrected chi connectivity index (χ0v) is 36.9. The van der Waals surface area contributed by atoms with E-state index in [0.717, 1.165) is 44.1 Å². The van der Waals surface area contributed by atoms with Crippen LogP contribution < -0.4 is 21.3 Å². The molecule has 0 radical (unpaired) electrons. The van der Waals surface area contributed by atoms with Gasteiger partial charge in [0.05, 0.1) is 51.4 Å². The molecule has 1 atom stereocenters. The molecule has 0 aliphatic carbocycles. The lowest BCUT2D eigenvalue weighted by molar-refractivity contribution is -0.128. The molecular formula is C46H78N4O10. The molecule has 0 saturated carbocycles. The number of amides is 4. The summed E-state index contributed by atoms with van der Waals surface area (Å²) in [4.78, 5) is 60.7. The van der Waals surface area contributed by atoms with Gasteiger partial charge in [-0.15, -0.1) is 0 Å². The highest BCUT2D eigenvalue weighted by Gasteiger charge is 2.18. The highest BCUT2D eigenvalue weighted by molar-refractivity contribution is 5.88. The van der Waals surface area contributed by atoms with E-state index in [2.05, 4.69) is 46.9 Å². The number of carbonyl (C=O) groups excluding carboxylic acids is 5. The fraction of sp³-hybridized carbons (Fsp3) is 0.717. The molecule has 5 N–H and O–H groups in total. The van der Waals surface area contributed by atoms with Crippen LogP contribution >= 0.6 is 0 Å². The number of hydrogen-bond acceptors (Lipinski definition) is 10. The third-order valence-electron chi connectivity index (χ3n) is 9.87. The van der Waals surface area contributed by atoms with Crippen molar-refractivity contribution in [3.63, 3.8) is 0 Å². The van der Waals surface area contributed by atoms with Crippen LogP contribution in [-0.4, -0.2) is 107 Å². The van der Waals surface area contributed by atoms with Crippen molar-refractivity contribution in [1.82, 2.24) is 21.3 Å². The average molecular weight is 847 g/mol. The monoisotopic (exact) mass is 847 g/mol. The molecule has 342 valence electrons. The highest BCUT2D eigenvalue weighted by Crippen LogP contribution is 2.14. The fourth-order valence-electron chi connectivity index (χ4n) is 6.23. The topological polar surface area (TPSA) is 191 Å². The molecule has 14 heteroatoms. The van der Waals surface area contributed by atoms with Crippen LogP contribution in [0.15, 0.2) is 36.6 Å². The molecule has 0 saturated heterocycles. The van der Waals surface area contributed by atoms with Gasteiger partial charge in [0, 0.05) is 38.9 Å². The van der Waals surface area contributed by atoms with Crippen molar-refractivity contribution in [2.75, 3.05) is 65.9 Å². The molecule has 0 fully saturated rings. The van der Waals surface area contributed by atoms with Gasteiger partial charge in [0.1, 0.15) is 13.2 Å². The highest BCUT2D eigenvalue weighted by atomic mass is 16.5. The van der Waals surface area contributed by atoms with Gasteiger partial charge in [-0.1, -0.05) is 115 Å². The number of rotatable bonds is 41. The minimum atomic E-state index is -0.682. The molecular weight excluding hydrogens is 769 g/mol. The lowest BCUT2D eigenvalue weighted by Crippen LogP contribution is -2.40. The summed E-state index contributed by atoms with van der Waals surface area (Å²) >= 11 is 0. The van der Waals surface area contributed by atoms with Crippen molar-refractivity contribution in [1.29, 1.82) is 0 Å². The Balaban J connectivity index is 1.91. The number of carbonyl (C=O) groups is 5. The number of nitrogens with one attached hydrogen (secondary N) is 4. The van der Waals surface area contributed by atoms with Gasteiger partial charge in [0.2, 0.25) is 23.6 Å². The summed E-state index contributed by atoms with van der Waals surface area (Å²) in [5.74, 6) is -0.742. The second-order valence-corrected chi connectivity index (χ2v) is 15.3. The molecule has 0 unspecified atom stereocenters. The van der Waals surface area contributed by atoms with Crippen molar-refractivity contribution >= 4 is 29.4 Å². The molecule has 0 aliphatic rings.